The lowest BCUT2D eigenvalue weighted by Crippen LogP contribution is -2.19. The van der Waals surface area contributed by atoms with Crippen LogP contribution in [0.1, 0.15) is 12.5 Å². The molecular formula is C10H9N3O4. The summed E-state index contributed by atoms with van der Waals surface area (Å²) in [4.78, 5) is 33.8. The fraction of sp³-hybridized carbons (Fsp3) is 0.200. The zero-order chi connectivity index (χ0) is 12.8. The number of nitrogens with zero attached hydrogens (tertiary/aromatic N) is 1. The highest BCUT2D eigenvalue weighted by Gasteiger charge is 2.07. The Morgan fingerprint density at radius 1 is 1.65 bits per heavy atom. The smallest absolute Gasteiger partial charge is 0.286 e. The van der Waals surface area contributed by atoms with Crippen molar-refractivity contribution in [1.29, 1.82) is 0 Å². The Hall–Kier alpha value is -2.62. The minimum atomic E-state index is -0.630. The Kier molecular flexibility index (Phi) is 4.00. The lowest BCUT2D eigenvalue weighted by molar-refractivity contribution is -0.385. The first kappa shape index (κ1) is 12.4. The Balaban J connectivity index is 2.90. The van der Waals surface area contributed by atoms with Crippen molar-refractivity contribution in [3.63, 3.8) is 0 Å². The molecule has 0 aliphatic heterocycles. The number of hydrogen-bond donors (Lipinski definition) is 2. The first-order valence-electron chi connectivity index (χ1n) is 4.61. The van der Waals surface area contributed by atoms with Crippen LogP contribution in [0.25, 0.3) is 0 Å². The zero-order valence-corrected chi connectivity index (χ0v) is 8.94. The van der Waals surface area contributed by atoms with Crippen LogP contribution in [0, 0.1) is 22.0 Å². The third kappa shape index (κ3) is 3.79. The number of carbonyl (C=O) groups excluding carboxylic acids is 1. The molecule has 0 bridgehead atoms. The molecule has 1 heterocycles. The summed E-state index contributed by atoms with van der Waals surface area (Å²) in [6, 6.07) is 1.08. The van der Waals surface area contributed by atoms with Gasteiger partial charge in [-0.1, -0.05) is 11.8 Å². The number of carbonyl (C=O) groups is 1. The molecule has 1 aromatic heterocycles. The Bertz CT molecular complexity index is 565. The fourth-order valence-corrected chi connectivity index (χ4v) is 0.979. The van der Waals surface area contributed by atoms with Crippen molar-refractivity contribution in [1.82, 2.24) is 10.3 Å². The molecule has 0 aromatic carbocycles. The number of aromatic nitrogens is 1. The van der Waals surface area contributed by atoms with Crippen molar-refractivity contribution < 1.29 is 9.72 Å². The Morgan fingerprint density at radius 2 is 2.35 bits per heavy atom. The summed E-state index contributed by atoms with van der Waals surface area (Å²) < 4.78 is 0. The summed E-state index contributed by atoms with van der Waals surface area (Å²) in [5.74, 6) is 4.72. The highest BCUT2D eigenvalue weighted by molar-refractivity contribution is 5.73. The van der Waals surface area contributed by atoms with E-state index in [1.807, 2.05) is 0 Å². The normalized spacial score (nSPS) is 9.00. The van der Waals surface area contributed by atoms with Gasteiger partial charge in [0.25, 0.3) is 11.2 Å². The van der Waals surface area contributed by atoms with Crippen molar-refractivity contribution in [3.8, 4) is 11.8 Å². The third-order valence-corrected chi connectivity index (χ3v) is 1.75. The van der Waals surface area contributed by atoms with E-state index in [-0.39, 0.29) is 23.7 Å². The maximum absolute atomic E-state index is 11.3. The molecule has 17 heavy (non-hydrogen) atoms. The van der Waals surface area contributed by atoms with Crippen molar-refractivity contribution in [2.45, 2.75) is 6.92 Å². The van der Waals surface area contributed by atoms with E-state index in [1.165, 1.54) is 6.92 Å². The van der Waals surface area contributed by atoms with E-state index in [4.69, 9.17) is 0 Å². The van der Waals surface area contributed by atoms with Crippen molar-refractivity contribution >= 4 is 11.6 Å². The van der Waals surface area contributed by atoms with Crippen LogP contribution < -0.4 is 10.9 Å². The number of hydrogen-bond acceptors (Lipinski definition) is 4. The second-order valence-corrected chi connectivity index (χ2v) is 3.07. The number of rotatable bonds is 2. The van der Waals surface area contributed by atoms with Crippen LogP contribution in [0.15, 0.2) is 17.1 Å². The number of nitrogens with one attached hydrogen (secondary N) is 2. The first-order chi connectivity index (χ1) is 8.00. The quantitative estimate of drug-likeness (QED) is 0.419. The van der Waals surface area contributed by atoms with Gasteiger partial charge in [0.15, 0.2) is 0 Å². The van der Waals surface area contributed by atoms with E-state index in [0.717, 1.165) is 12.3 Å². The summed E-state index contributed by atoms with van der Waals surface area (Å²) in [6.45, 7) is 1.42. The van der Waals surface area contributed by atoms with E-state index in [9.17, 15) is 19.7 Å². The third-order valence-electron chi connectivity index (χ3n) is 1.75. The lowest BCUT2D eigenvalue weighted by atomic mass is 10.2. The van der Waals surface area contributed by atoms with Crippen LogP contribution in [-0.2, 0) is 4.79 Å². The van der Waals surface area contributed by atoms with Crippen LogP contribution >= 0.6 is 0 Å². The topological polar surface area (TPSA) is 105 Å². The number of pyridine rings is 1. The molecule has 2 N–H and O–H groups in total. The second kappa shape index (κ2) is 5.46. The van der Waals surface area contributed by atoms with E-state index >= 15 is 0 Å². The Labute approximate surface area is 96.0 Å². The van der Waals surface area contributed by atoms with E-state index in [1.54, 1.807) is 0 Å². The molecule has 1 rings (SSSR count). The van der Waals surface area contributed by atoms with E-state index in [0.29, 0.717) is 0 Å². The molecule has 1 amide bonds. The maximum atomic E-state index is 11.3. The van der Waals surface area contributed by atoms with Gasteiger partial charge in [0.2, 0.25) is 5.91 Å². The number of amides is 1. The summed E-state index contributed by atoms with van der Waals surface area (Å²) in [5.41, 5.74) is -0.760. The first-order valence-corrected chi connectivity index (χ1v) is 4.61. The predicted octanol–water partition coefficient (Wildman–Crippen LogP) is -0.229. The molecule has 0 radical (unpaired) electrons. The standard InChI is InChI=1S/C10H9N3O4/c1-7(14)11-4-2-3-8-5-9(13(16)17)6-12-10(8)15/h5-6H,4H2,1H3,(H,11,14)(H,12,15). The van der Waals surface area contributed by atoms with Crippen molar-refractivity contribution in [2.75, 3.05) is 6.54 Å². The minimum absolute atomic E-state index is 0.00967. The molecule has 88 valence electrons. The van der Waals surface area contributed by atoms with Gasteiger partial charge in [-0.15, -0.1) is 0 Å². The summed E-state index contributed by atoms with van der Waals surface area (Å²) in [6.07, 6.45) is 1.00. The van der Waals surface area contributed by atoms with Gasteiger partial charge in [0.1, 0.15) is 0 Å². The van der Waals surface area contributed by atoms with Crippen LogP contribution in [-0.4, -0.2) is 22.4 Å². The minimum Gasteiger partial charge on any atom is -0.345 e. The van der Waals surface area contributed by atoms with Gasteiger partial charge in [-0.25, -0.2) is 0 Å². The molecule has 7 nitrogen and oxygen atoms in total. The predicted molar refractivity (Wildman–Crippen MR) is 59.3 cm³/mol. The lowest BCUT2D eigenvalue weighted by Gasteiger charge is -1.93. The molecule has 0 atom stereocenters. The number of aromatic amines is 1. The van der Waals surface area contributed by atoms with Gasteiger partial charge >= 0.3 is 0 Å². The van der Waals surface area contributed by atoms with Crippen molar-refractivity contribution in [3.05, 3.63) is 38.3 Å². The highest BCUT2D eigenvalue weighted by atomic mass is 16.6. The van der Waals surface area contributed by atoms with Crippen LogP contribution in [0.5, 0.6) is 0 Å². The molecule has 0 saturated heterocycles. The largest absolute Gasteiger partial charge is 0.345 e. The average Bonchev–Trinajstić information content (AvgIpc) is 2.25. The molecule has 0 saturated carbocycles. The van der Waals surface area contributed by atoms with Gasteiger partial charge in [0, 0.05) is 13.0 Å². The molecule has 0 unspecified atom stereocenters. The summed E-state index contributed by atoms with van der Waals surface area (Å²) in [5, 5.41) is 12.9. The van der Waals surface area contributed by atoms with Gasteiger partial charge in [-0.3, -0.25) is 19.7 Å². The van der Waals surface area contributed by atoms with Crippen LogP contribution in [0.3, 0.4) is 0 Å². The molecular weight excluding hydrogens is 226 g/mol. The highest BCUT2D eigenvalue weighted by Crippen LogP contribution is 2.06. The molecule has 1 aromatic rings. The van der Waals surface area contributed by atoms with E-state index in [2.05, 4.69) is 22.1 Å². The molecule has 7 heteroatoms. The molecule has 0 aliphatic carbocycles. The number of H-pyrrole nitrogens is 1. The SMILES string of the molecule is CC(=O)NCC#Cc1cc([N+](=O)[O-])c[nH]c1=O. The molecule has 0 aliphatic rings. The van der Waals surface area contributed by atoms with Crippen LogP contribution in [0.2, 0.25) is 0 Å². The van der Waals surface area contributed by atoms with Crippen LogP contribution in [0.4, 0.5) is 5.69 Å². The number of nitro groups is 1. The fourth-order valence-electron chi connectivity index (χ4n) is 0.979. The maximum Gasteiger partial charge on any atom is 0.286 e. The van der Waals surface area contributed by atoms with Crippen molar-refractivity contribution in [2.24, 2.45) is 0 Å². The van der Waals surface area contributed by atoms with Gasteiger partial charge in [0.05, 0.1) is 23.2 Å². The summed E-state index contributed by atoms with van der Waals surface area (Å²) >= 11 is 0. The monoisotopic (exact) mass is 235 g/mol. The Morgan fingerprint density at radius 3 is 2.94 bits per heavy atom. The zero-order valence-electron chi connectivity index (χ0n) is 8.94. The van der Waals surface area contributed by atoms with Gasteiger partial charge in [-0.05, 0) is 0 Å². The average molecular weight is 235 g/mol. The van der Waals surface area contributed by atoms with Gasteiger partial charge in [-0.2, -0.15) is 0 Å². The summed E-state index contributed by atoms with van der Waals surface area (Å²) in [7, 11) is 0. The second-order valence-electron chi connectivity index (χ2n) is 3.07. The molecule has 0 spiro atoms. The molecule has 0 fully saturated rings. The van der Waals surface area contributed by atoms with E-state index < -0.39 is 10.5 Å². The van der Waals surface area contributed by atoms with Gasteiger partial charge < -0.3 is 10.3 Å².